The van der Waals surface area contributed by atoms with Crippen molar-refractivity contribution in [2.45, 2.75) is 18.6 Å². The number of carbonyl (C=O) groups excluding carboxylic acids is 1. The summed E-state index contributed by atoms with van der Waals surface area (Å²) in [5.41, 5.74) is 0.774. The molecule has 29 heavy (non-hydrogen) atoms. The zero-order valence-corrected chi connectivity index (χ0v) is 15.5. The van der Waals surface area contributed by atoms with Crippen LogP contribution >= 0.6 is 11.6 Å². The molecule has 0 saturated carbocycles. The molecule has 1 aromatic carbocycles. The number of halogens is 5. The molecule has 0 fully saturated rings. The van der Waals surface area contributed by atoms with Crippen LogP contribution in [0.15, 0.2) is 61.1 Å². The van der Waals surface area contributed by atoms with Gasteiger partial charge in [-0.15, -0.1) is 0 Å². The van der Waals surface area contributed by atoms with E-state index in [-0.39, 0.29) is 22.7 Å². The van der Waals surface area contributed by atoms with Crippen LogP contribution in [-0.4, -0.2) is 22.1 Å². The molecule has 3 aromatic rings. The van der Waals surface area contributed by atoms with Crippen molar-refractivity contribution in [3.8, 4) is 0 Å². The first-order valence-electron chi connectivity index (χ1n) is 8.40. The van der Waals surface area contributed by atoms with E-state index in [1.807, 2.05) is 5.32 Å². The number of hydrogen-bond acceptors (Lipinski definition) is 3. The van der Waals surface area contributed by atoms with Gasteiger partial charge in [-0.3, -0.25) is 9.78 Å². The van der Waals surface area contributed by atoms with Crippen LogP contribution in [0, 0.1) is 5.82 Å². The highest BCUT2D eigenvalue weighted by molar-refractivity contribution is 6.31. The topological polar surface area (TPSA) is 54.9 Å². The Morgan fingerprint density at radius 1 is 1.14 bits per heavy atom. The molecule has 0 aliphatic rings. The Bertz CT molecular complexity index is 995. The first kappa shape index (κ1) is 20.7. The highest BCUT2D eigenvalue weighted by Crippen LogP contribution is 2.32. The summed E-state index contributed by atoms with van der Waals surface area (Å²) in [5.74, 6) is -1.41. The highest BCUT2D eigenvalue weighted by atomic mass is 35.5. The quantitative estimate of drug-likeness (QED) is 0.594. The molecule has 2 heterocycles. The van der Waals surface area contributed by atoms with Crippen molar-refractivity contribution in [1.29, 1.82) is 0 Å². The summed E-state index contributed by atoms with van der Waals surface area (Å²) in [6, 6.07) is 7.31. The molecule has 0 bridgehead atoms. The fourth-order valence-corrected chi connectivity index (χ4v) is 2.84. The summed E-state index contributed by atoms with van der Waals surface area (Å²) < 4.78 is 53.3. The predicted molar refractivity (Wildman–Crippen MR) is 99.0 cm³/mol. The molecule has 3 rings (SSSR count). The molecule has 0 unspecified atom stereocenters. The van der Waals surface area contributed by atoms with E-state index in [9.17, 15) is 22.4 Å². The molecule has 0 radical (unpaired) electrons. The smallest absolute Gasteiger partial charge is 0.335 e. The van der Waals surface area contributed by atoms with Gasteiger partial charge in [0.15, 0.2) is 6.04 Å². The van der Waals surface area contributed by atoms with Gasteiger partial charge in [-0.05, 0) is 41.8 Å². The third-order valence-electron chi connectivity index (χ3n) is 4.10. The van der Waals surface area contributed by atoms with Crippen LogP contribution in [0.2, 0.25) is 5.02 Å². The van der Waals surface area contributed by atoms with Gasteiger partial charge >= 0.3 is 6.18 Å². The van der Waals surface area contributed by atoms with E-state index < -0.39 is 23.9 Å². The van der Waals surface area contributed by atoms with Gasteiger partial charge in [-0.25, -0.2) is 9.37 Å². The zero-order chi connectivity index (χ0) is 21.0. The molecule has 0 saturated heterocycles. The lowest BCUT2D eigenvalue weighted by molar-refractivity contribution is -0.155. The van der Waals surface area contributed by atoms with Crippen molar-refractivity contribution >= 4 is 17.5 Å². The maximum atomic E-state index is 13.4. The van der Waals surface area contributed by atoms with E-state index in [4.69, 9.17) is 11.6 Å². The Morgan fingerprint density at radius 2 is 1.86 bits per heavy atom. The fourth-order valence-electron chi connectivity index (χ4n) is 2.67. The fraction of sp³-hybridized carbons (Fsp3) is 0.150. The monoisotopic (exact) mass is 423 g/mol. The minimum Gasteiger partial charge on any atom is -0.335 e. The Balaban J connectivity index is 1.84. The zero-order valence-electron chi connectivity index (χ0n) is 14.8. The third kappa shape index (κ3) is 5.29. The summed E-state index contributed by atoms with van der Waals surface area (Å²) in [6.07, 6.45) is -0.897. The molecule has 4 nitrogen and oxygen atoms in total. The predicted octanol–water partition coefficient (Wildman–Crippen LogP) is 4.89. The number of nitrogens with one attached hydrogen (secondary N) is 1. The van der Waals surface area contributed by atoms with Crippen LogP contribution < -0.4 is 5.32 Å². The number of benzene rings is 1. The lowest BCUT2D eigenvalue weighted by Gasteiger charge is -2.21. The highest BCUT2D eigenvalue weighted by Gasteiger charge is 2.42. The number of pyridine rings is 2. The number of rotatable bonds is 5. The van der Waals surface area contributed by atoms with Gasteiger partial charge in [0.05, 0.1) is 5.02 Å². The molecule has 9 heteroatoms. The Kier molecular flexibility index (Phi) is 6.12. The van der Waals surface area contributed by atoms with Crippen molar-refractivity contribution in [2.75, 3.05) is 0 Å². The number of aromatic nitrogens is 2. The van der Waals surface area contributed by atoms with E-state index in [1.54, 1.807) is 12.1 Å². The van der Waals surface area contributed by atoms with E-state index in [1.165, 1.54) is 42.7 Å². The van der Waals surface area contributed by atoms with Crippen molar-refractivity contribution in [1.82, 2.24) is 15.3 Å². The first-order chi connectivity index (χ1) is 13.7. The van der Waals surface area contributed by atoms with Crippen LogP contribution in [-0.2, 0) is 6.42 Å². The number of nitrogens with zero attached hydrogens (tertiary/aromatic N) is 2. The SMILES string of the molecule is O=C(N[C@@H](c1cccnc1)C(F)(F)F)c1cc(Cc2ccc(F)cc2)c(Cl)cn1. The van der Waals surface area contributed by atoms with Gasteiger partial charge in [0, 0.05) is 24.2 Å². The Hall–Kier alpha value is -3.00. The summed E-state index contributed by atoms with van der Waals surface area (Å²) in [4.78, 5) is 20.0. The van der Waals surface area contributed by atoms with Crippen LogP contribution in [0.4, 0.5) is 17.6 Å². The number of hydrogen-bond donors (Lipinski definition) is 1. The van der Waals surface area contributed by atoms with E-state index in [2.05, 4.69) is 9.97 Å². The van der Waals surface area contributed by atoms with Crippen LogP contribution in [0.5, 0.6) is 0 Å². The van der Waals surface area contributed by atoms with E-state index in [0.717, 1.165) is 11.8 Å². The van der Waals surface area contributed by atoms with Gasteiger partial charge in [-0.2, -0.15) is 13.2 Å². The standard InChI is InChI=1S/C20H14ClF4N3O/c21-16-11-27-17(9-14(16)8-12-3-5-15(22)6-4-12)19(29)28-18(20(23,24)25)13-2-1-7-26-10-13/h1-7,9-11,18H,8H2,(H,28,29)/t18-/m0/s1. The summed E-state index contributed by atoms with van der Waals surface area (Å²) in [6.45, 7) is 0. The van der Waals surface area contributed by atoms with Crippen molar-refractivity contribution < 1.29 is 22.4 Å². The molecule has 1 N–H and O–H groups in total. The Morgan fingerprint density at radius 3 is 2.48 bits per heavy atom. The average molecular weight is 424 g/mol. The lowest BCUT2D eigenvalue weighted by atomic mass is 10.0. The molecule has 0 aliphatic carbocycles. The number of alkyl halides is 3. The van der Waals surface area contributed by atoms with Crippen LogP contribution in [0.3, 0.4) is 0 Å². The first-order valence-corrected chi connectivity index (χ1v) is 8.78. The van der Waals surface area contributed by atoms with Crippen LogP contribution in [0.1, 0.15) is 33.2 Å². The van der Waals surface area contributed by atoms with Gasteiger partial charge in [-0.1, -0.05) is 29.8 Å². The number of amides is 1. The largest absolute Gasteiger partial charge is 0.412 e. The van der Waals surface area contributed by atoms with Crippen molar-refractivity contribution in [3.05, 3.63) is 94.3 Å². The molecule has 0 spiro atoms. The molecular formula is C20H14ClF4N3O. The van der Waals surface area contributed by atoms with Gasteiger partial charge in [0.25, 0.3) is 5.91 Å². The molecule has 0 aliphatic heterocycles. The van der Waals surface area contributed by atoms with Crippen LogP contribution in [0.25, 0.3) is 0 Å². The van der Waals surface area contributed by atoms with Gasteiger partial charge in [0.2, 0.25) is 0 Å². The Labute approximate surface area is 168 Å². The van der Waals surface area contributed by atoms with E-state index in [0.29, 0.717) is 5.56 Å². The molecular weight excluding hydrogens is 410 g/mol. The maximum absolute atomic E-state index is 13.4. The minimum atomic E-state index is -4.72. The summed E-state index contributed by atoms with van der Waals surface area (Å²) in [5, 5.41) is 2.19. The second-order valence-electron chi connectivity index (χ2n) is 6.20. The summed E-state index contributed by atoms with van der Waals surface area (Å²) >= 11 is 6.10. The second kappa shape index (κ2) is 8.57. The summed E-state index contributed by atoms with van der Waals surface area (Å²) in [7, 11) is 0. The molecule has 150 valence electrons. The van der Waals surface area contributed by atoms with Crippen molar-refractivity contribution in [3.63, 3.8) is 0 Å². The van der Waals surface area contributed by atoms with Gasteiger partial charge in [0.1, 0.15) is 11.5 Å². The lowest BCUT2D eigenvalue weighted by Crippen LogP contribution is -2.38. The molecule has 1 atom stereocenters. The second-order valence-corrected chi connectivity index (χ2v) is 6.61. The van der Waals surface area contributed by atoms with Gasteiger partial charge < -0.3 is 5.32 Å². The van der Waals surface area contributed by atoms with E-state index >= 15 is 0 Å². The molecule has 1 amide bonds. The number of carbonyl (C=O) groups is 1. The normalized spacial score (nSPS) is 12.4. The van der Waals surface area contributed by atoms with Crippen molar-refractivity contribution in [2.24, 2.45) is 0 Å². The molecule has 2 aromatic heterocycles. The third-order valence-corrected chi connectivity index (χ3v) is 4.44. The minimum absolute atomic E-state index is 0.200. The maximum Gasteiger partial charge on any atom is 0.412 e. The average Bonchev–Trinajstić information content (AvgIpc) is 2.69.